The first kappa shape index (κ1) is 45.3. The van der Waals surface area contributed by atoms with Gasteiger partial charge >= 0.3 is 5.97 Å². The number of nitrogens with two attached hydrogens (primary N) is 1. The summed E-state index contributed by atoms with van der Waals surface area (Å²) in [6.07, 6.45) is 1.53. The molecular formula is C37H61N7O6S. The van der Waals surface area contributed by atoms with E-state index < -0.39 is 41.5 Å². The van der Waals surface area contributed by atoms with Crippen molar-refractivity contribution < 1.29 is 29.0 Å². The Balaban J connectivity index is 0.000000613. The molecule has 286 valence electrons. The third kappa shape index (κ3) is 15.6. The predicted molar refractivity (Wildman–Crippen MR) is 203 cm³/mol. The first-order valence-electron chi connectivity index (χ1n) is 17.2. The number of esters is 1. The molecule has 0 radical (unpaired) electrons. The number of aromatic nitrogens is 1. The van der Waals surface area contributed by atoms with Crippen molar-refractivity contribution in [1.29, 1.82) is 0 Å². The van der Waals surface area contributed by atoms with E-state index in [1.54, 1.807) is 11.6 Å². The number of amides is 3. The van der Waals surface area contributed by atoms with E-state index in [0.717, 1.165) is 5.56 Å². The van der Waals surface area contributed by atoms with Gasteiger partial charge in [0.15, 0.2) is 0 Å². The molecule has 13 nitrogen and oxygen atoms in total. The Hall–Kier alpha value is -3.72. The molecule has 2 rings (SSSR count). The lowest BCUT2D eigenvalue weighted by molar-refractivity contribution is -0.141. The number of aliphatic hydroxyl groups is 1. The van der Waals surface area contributed by atoms with Gasteiger partial charge in [-0.25, -0.2) is 4.98 Å². The first-order valence-corrected chi connectivity index (χ1v) is 18.1. The summed E-state index contributed by atoms with van der Waals surface area (Å²) in [5.74, 6) is -1.64. The topological polar surface area (TPSA) is 197 Å². The highest BCUT2D eigenvalue weighted by molar-refractivity contribution is 7.09. The molecule has 4 unspecified atom stereocenters. The highest BCUT2D eigenvalue weighted by Gasteiger charge is 2.36. The number of hydrogen-bond donors (Lipinski definition) is 6. The monoisotopic (exact) mass is 731 g/mol. The summed E-state index contributed by atoms with van der Waals surface area (Å²) in [7, 11) is 1.29. The fourth-order valence-electron chi connectivity index (χ4n) is 4.94. The summed E-state index contributed by atoms with van der Waals surface area (Å²) in [6.45, 7) is 22.4. The van der Waals surface area contributed by atoms with Crippen LogP contribution in [0.1, 0.15) is 91.3 Å². The van der Waals surface area contributed by atoms with Crippen molar-refractivity contribution >= 4 is 41.7 Å². The maximum absolute atomic E-state index is 13.5. The summed E-state index contributed by atoms with van der Waals surface area (Å²) in [5.41, 5.74) is 6.18. The number of benzene rings is 1. The molecule has 7 N–H and O–H groups in total. The van der Waals surface area contributed by atoms with E-state index in [-0.39, 0.29) is 48.1 Å². The van der Waals surface area contributed by atoms with Crippen LogP contribution in [0.4, 0.5) is 0 Å². The normalized spacial score (nSPS) is 15.2. The fraction of sp³-hybridized carbons (Fsp3) is 0.622. The summed E-state index contributed by atoms with van der Waals surface area (Å²) in [6, 6.07) is 6.62. The van der Waals surface area contributed by atoms with Gasteiger partial charge in [-0.2, -0.15) is 0 Å². The van der Waals surface area contributed by atoms with E-state index in [4.69, 9.17) is 15.6 Å². The number of nitrogens with zero attached hydrogens (tertiary/aromatic N) is 2. The highest BCUT2D eigenvalue weighted by Crippen LogP contribution is 2.26. The maximum Gasteiger partial charge on any atom is 0.308 e. The van der Waals surface area contributed by atoms with Gasteiger partial charge in [0.1, 0.15) is 17.1 Å². The molecule has 0 bridgehead atoms. The van der Waals surface area contributed by atoms with Crippen LogP contribution in [0.25, 0.3) is 0 Å². The lowest BCUT2D eigenvalue weighted by atomic mass is 9.85. The van der Waals surface area contributed by atoms with Gasteiger partial charge in [-0.05, 0) is 29.0 Å². The van der Waals surface area contributed by atoms with Gasteiger partial charge in [0.05, 0.1) is 32.2 Å². The zero-order valence-electron chi connectivity index (χ0n) is 32.0. The van der Waals surface area contributed by atoms with E-state index in [1.165, 1.54) is 18.4 Å². The number of methoxy groups -OCH3 is 1. The Labute approximate surface area is 308 Å². The standard InChI is InChI=1S/C24H32N4O4S.C13H29N3O2/c1-15(16-10-8-7-9-11-16)19(28-22(31)20(25-5)24(2,3)4)21(30)27-17(14-18(29)32-6)23-26-12-13-33-23;1-9(2)11(14)12(18)16-10(13(3,4)5)8-15-6-7-17/h7-13,15,17,19-20H,5,14H2,1-4,6H3,(H,27,30)(H,28,31);9-11,15,17H,6-8,14H2,1-5H3,(H,16,18)/t15?,17-,19+,20?;/m1./s1. The molecule has 2 aromatic rings. The minimum absolute atomic E-state index is 0.0126. The number of carbonyl (C=O) groups excluding carboxylic acids is 4. The van der Waals surface area contributed by atoms with Crippen molar-refractivity contribution in [1.82, 2.24) is 26.3 Å². The van der Waals surface area contributed by atoms with Gasteiger partial charge in [-0.15, -0.1) is 11.3 Å². The maximum atomic E-state index is 13.5. The van der Waals surface area contributed by atoms with E-state index >= 15 is 0 Å². The molecule has 3 amide bonds. The molecule has 0 aliphatic rings. The van der Waals surface area contributed by atoms with Crippen molar-refractivity contribution in [2.24, 2.45) is 27.5 Å². The largest absolute Gasteiger partial charge is 0.469 e. The Morgan fingerprint density at radius 2 is 1.59 bits per heavy atom. The first-order chi connectivity index (χ1) is 23.8. The van der Waals surface area contributed by atoms with Crippen LogP contribution >= 0.6 is 11.3 Å². The van der Waals surface area contributed by atoms with E-state index in [9.17, 15) is 19.2 Å². The van der Waals surface area contributed by atoms with Crippen LogP contribution in [-0.4, -0.2) is 91.5 Å². The number of thiazole rings is 1. The second-order valence-corrected chi connectivity index (χ2v) is 15.9. The minimum atomic E-state index is -0.911. The van der Waals surface area contributed by atoms with Crippen molar-refractivity contribution in [3.05, 3.63) is 52.5 Å². The molecule has 0 fully saturated rings. The average molecular weight is 732 g/mol. The van der Waals surface area contributed by atoms with Gasteiger partial charge in [0.25, 0.3) is 0 Å². The molecule has 1 aromatic heterocycles. The average Bonchev–Trinajstić information content (AvgIpc) is 3.61. The minimum Gasteiger partial charge on any atom is -0.469 e. The number of aliphatic hydroxyl groups excluding tert-OH is 1. The number of aliphatic imine (C=N–C) groups is 1. The van der Waals surface area contributed by atoms with Crippen LogP contribution in [0.2, 0.25) is 0 Å². The van der Waals surface area contributed by atoms with Gasteiger partial charge < -0.3 is 36.8 Å². The Kier molecular flexibility index (Phi) is 19.2. The van der Waals surface area contributed by atoms with Crippen LogP contribution in [-0.2, 0) is 23.9 Å². The number of rotatable bonds is 17. The van der Waals surface area contributed by atoms with Crippen molar-refractivity contribution in [2.45, 2.75) is 105 Å². The number of carbonyl (C=O) groups is 4. The molecule has 0 aliphatic heterocycles. The van der Waals surface area contributed by atoms with E-state index in [2.05, 4.69) is 58.7 Å². The Morgan fingerprint density at radius 1 is 0.961 bits per heavy atom. The van der Waals surface area contributed by atoms with Gasteiger partial charge in [-0.1, -0.05) is 92.6 Å². The Morgan fingerprint density at radius 3 is 2.06 bits per heavy atom. The van der Waals surface area contributed by atoms with Crippen molar-refractivity contribution in [3.8, 4) is 0 Å². The summed E-state index contributed by atoms with van der Waals surface area (Å²) in [5, 5.41) is 23.0. The van der Waals surface area contributed by atoms with Crippen LogP contribution in [0.3, 0.4) is 0 Å². The van der Waals surface area contributed by atoms with E-state index in [0.29, 0.717) is 18.1 Å². The third-order valence-corrected chi connectivity index (χ3v) is 9.23. The van der Waals surface area contributed by atoms with Crippen LogP contribution in [0.15, 0.2) is 46.9 Å². The lowest BCUT2D eigenvalue weighted by Crippen LogP contribution is -2.55. The number of nitrogens with one attached hydrogen (secondary N) is 4. The molecule has 0 spiro atoms. The quantitative estimate of drug-likeness (QED) is 0.0803. The highest BCUT2D eigenvalue weighted by atomic mass is 32.1. The molecule has 1 heterocycles. The second kappa shape index (κ2) is 21.6. The predicted octanol–water partition coefficient (Wildman–Crippen LogP) is 3.35. The Bertz CT molecular complexity index is 1360. The zero-order chi connectivity index (χ0) is 38.9. The van der Waals surface area contributed by atoms with E-state index in [1.807, 2.05) is 71.9 Å². The fourth-order valence-corrected chi connectivity index (χ4v) is 5.63. The van der Waals surface area contributed by atoms with Crippen molar-refractivity contribution in [2.75, 3.05) is 26.8 Å². The van der Waals surface area contributed by atoms with Gasteiger partial charge in [0.2, 0.25) is 17.7 Å². The lowest BCUT2D eigenvalue weighted by Gasteiger charge is -2.33. The van der Waals surface area contributed by atoms with Gasteiger partial charge in [-0.3, -0.25) is 24.2 Å². The molecular weight excluding hydrogens is 671 g/mol. The molecule has 51 heavy (non-hydrogen) atoms. The summed E-state index contributed by atoms with van der Waals surface area (Å²) >= 11 is 1.32. The van der Waals surface area contributed by atoms with Gasteiger partial charge in [0, 0.05) is 36.6 Å². The second-order valence-electron chi connectivity index (χ2n) is 15.0. The smallest absolute Gasteiger partial charge is 0.308 e. The summed E-state index contributed by atoms with van der Waals surface area (Å²) < 4.78 is 4.78. The van der Waals surface area contributed by atoms with Crippen molar-refractivity contribution in [3.63, 3.8) is 0 Å². The molecule has 1 aromatic carbocycles. The molecule has 6 atom stereocenters. The number of hydrogen-bond acceptors (Lipinski definition) is 11. The SMILES string of the molecule is C=NC(C(=O)N[C@H](C(=O)N[C@H](CC(=O)OC)c1nccs1)C(C)c1ccccc1)C(C)(C)C.CC(C)C(N)C(=O)NC(CNCCO)C(C)(C)C. The van der Waals surface area contributed by atoms with Crippen LogP contribution in [0.5, 0.6) is 0 Å². The molecule has 0 saturated carbocycles. The molecule has 0 aliphatic carbocycles. The third-order valence-electron chi connectivity index (χ3n) is 8.34. The number of ether oxygens (including phenoxy) is 1. The molecule has 14 heteroatoms. The molecule has 0 saturated heterocycles. The van der Waals surface area contributed by atoms with Crippen LogP contribution < -0.4 is 27.0 Å². The van der Waals surface area contributed by atoms with Crippen LogP contribution in [0, 0.1) is 16.7 Å². The zero-order valence-corrected chi connectivity index (χ0v) is 32.8. The summed E-state index contributed by atoms with van der Waals surface area (Å²) in [4.78, 5) is 58.7.